The first-order valence-corrected chi connectivity index (χ1v) is 12.6. The first-order chi connectivity index (χ1) is 16.6. The normalized spacial score (nSPS) is 12.0. The molecule has 35 heavy (non-hydrogen) atoms. The van der Waals surface area contributed by atoms with E-state index in [2.05, 4.69) is 5.32 Å². The van der Waals surface area contributed by atoms with E-state index in [1.54, 1.807) is 41.3 Å². The van der Waals surface area contributed by atoms with Crippen molar-refractivity contribution in [1.82, 2.24) is 4.90 Å². The molecule has 0 fully saturated rings. The van der Waals surface area contributed by atoms with Gasteiger partial charge in [0.2, 0.25) is 0 Å². The van der Waals surface area contributed by atoms with Crippen LogP contribution in [0.15, 0.2) is 71.6 Å². The molecule has 0 heterocycles. The highest BCUT2D eigenvalue weighted by Gasteiger charge is 2.23. The van der Waals surface area contributed by atoms with Crippen molar-refractivity contribution >= 4 is 33.4 Å². The Hall–Kier alpha value is -3.30. The van der Waals surface area contributed by atoms with Crippen LogP contribution >= 0.6 is 11.6 Å². The van der Waals surface area contributed by atoms with Gasteiger partial charge in [-0.3, -0.25) is 0 Å². The van der Waals surface area contributed by atoms with E-state index in [0.717, 1.165) is 24.3 Å². The summed E-state index contributed by atoms with van der Waals surface area (Å²) in [4.78, 5) is 14.5. The first kappa shape index (κ1) is 26.3. The average Bonchev–Trinajstić information content (AvgIpc) is 2.83. The molecule has 3 rings (SSSR count). The van der Waals surface area contributed by atoms with Crippen molar-refractivity contribution in [2.24, 2.45) is 0 Å². The zero-order valence-corrected chi connectivity index (χ0v) is 21.1. The summed E-state index contributed by atoms with van der Waals surface area (Å²) in [6, 6.07) is 15.4. The van der Waals surface area contributed by atoms with E-state index in [0.29, 0.717) is 22.7 Å². The summed E-state index contributed by atoms with van der Waals surface area (Å²) in [7, 11) is -2.85. The predicted molar refractivity (Wildman–Crippen MR) is 133 cm³/mol. The maximum atomic E-state index is 13.2. The molecule has 0 bridgehead atoms. The molecule has 0 saturated carbocycles. The molecule has 7 nitrogen and oxygen atoms in total. The first-order valence-electron chi connectivity index (χ1n) is 10.8. The van der Waals surface area contributed by atoms with Crippen LogP contribution in [0.3, 0.4) is 0 Å². The van der Waals surface area contributed by atoms with Crippen LogP contribution in [0.5, 0.6) is 11.5 Å². The summed E-state index contributed by atoms with van der Waals surface area (Å²) < 4.78 is 49.2. The molecule has 0 aliphatic carbocycles. The van der Waals surface area contributed by atoms with Gasteiger partial charge < -0.3 is 19.1 Å². The zero-order chi connectivity index (χ0) is 25.6. The number of nitrogens with zero attached hydrogens (tertiary/aromatic N) is 1. The van der Waals surface area contributed by atoms with Crippen LogP contribution in [-0.2, 0) is 16.7 Å². The van der Waals surface area contributed by atoms with Gasteiger partial charge in [-0.2, -0.15) is 8.42 Å². The lowest BCUT2D eigenvalue weighted by Gasteiger charge is -2.29. The number of urea groups is 1. The third-order valence-electron chi connectivity index (χ3n) is 5.36. The molecule has 1 atom stereocenters. The minimum Gasteiger partial charge on any atom is -0.493 e. The van der Waals surface area contributed by atoms with Gasteiger partial charge in [0.25, 0.3) is 0 Å². The van der Waals surface area contributed by atoms with Gasteiger partial charge in [-0.15, -0.1) is 0 Å². The van der Waals surface area contributed by atoms with Crippen LogP contribution < -0.4 is 14.2 Å². The van der Waals surface area contributed by atoms with E-state index in [-0.39, 0.29) is 35.0 Å². The number of ether oxygens (including phenoxy) is 1. The van der Waals surface area contributed by atoms with Crippen LogP contribution in [0.2, 0.25) is 5.02 Å². The van der Waals surface area contributed by atoms with Gasteiger partial charge in [0.05, 0.1) is 7.11 Å². The summed E-state index contributed by atoms with van der Waals surface area (Å²) in [6.07, 6.45) is 0.701. The Labute approximate surface area is 209 Å². The van der Waals surface area contributed by atoms with Crippen molar-refractivity contribution in [2.45, 2.75) is 37.8 Å². The number of rotatable bonds is 9. The van der Waals surface area contributed by atoms with Gasteiger partial charge >= 0.3 is 16.1 Å². The summed E-state index contributed by atoms with van der Waals surface area (Å²) in [5, 5.41) is 3.41. The maximum absolute atomic E-state index is 13.2. The van der Waals surface area contributed by atoms with Crippen molar-refractivity contribution < 1.29 is 26.5 Å². The maximum Gasteiger partial charge on any atom is 0.339 e. The number of anilines is 1. The predicted octanol–water partition coefficient (Wildman–Crippen LogP) is 6.09. The highest BCUT2D eigenvalue weighted by molar-refractivity contribution is 7.87. The summed E-state index contributed by atoms with van der Waals surface area (Å²) >= 11 is 5.92. The van der Waals surface area contributed by atoms with Gasteiger partial charge in [0.1, 0.15) is 10.7 Å². The SMILES string of the molecule is CCC(C)N(Cc1ccc(OC)c(OS(=O)(=O)c2ccc(F)cc2)c1)C(=O)Nc1ccc(Cl)cc1. The van der Waals surface area contributed by atoms with E-state index < -0.39 is 15.9 Å². The van der Waals surface area contributed by atoms with Crippen molar-refractivity contribution in [2.75, 3.05) is 12.4 Å². The van der Waals surface area contributed by atoms with E-state index >= 15 is 0 Å². The zero-order valence-electron chi connectivity index (χ0n) is 19.5. The third-order valence-corrected chi connectivity index (χ3v) is 6.86. The smallest absolute Gasteiger partial charge is 0.339 e. The molecular formula is C25H26ClFN2O5S. The number of methoxy groups -OCH3 is 1. The van der Waals surface area contributed by atoms with Crippen molar-refractivity contribution in [3.05, 3.63) is 83.1 Å². The van der Waals surface area contributed by atoms with Crippen LogP contribution in [0.1, 0.15) is 25.8 Å². The quantitative estimate of drug-likeness (QED) is 0.345. The second kappa shape index (κ2) is 11.4. The van der Waals surface area contributed by atoms with Gasteiger partial charge in [0, 0.05) is 23.3 Å². The molecule has 1 N–H and O–H groups in total. The molecule has 0 aliphatic rings. The molecule has 0 spiro atoms. The Morgan fingerprint density at radius 3 is 2.31 bits per heavy atom. The Balaban J connectivity index is 1.85. The highest BCUT2D eigenvalue weighted by atomic mass is 35.5. The molecule has 0 aromatic heterocycles. The number of benzene rings is 3. The number of amides is 2. The monoisotopic (exact) mass is 520 g/mol. The lowest BCUT2D eigenvalue weighted by Crippen LogP contribution is -2.40. The molecule has 3 aromatic carbocycles. The standard InChI is InChI=1S/C25H26ClFN2O5S/c1-4-17(2)29(25(30)28-21-10-6-19(26)7-11-21)16-18-5-14-23(33-3)24(15-18)34-35(31,32)22-12-8-20(27)9-13-22/h5-15,17H,4,16H2,1-3H3,(H,28,30). The van der Waals surface area contributed by atoms with Crippen molar-refractivity contribution in [3.63, 3.8) is 0 Å². The van der Waals surface area contributed by atoms with E-state index in [9.17, 15) is 17.6 Å². The molecule has 0 saturated heterocycles. The van der Waals surface area contributed by atoms with E-state index in [1.807, 2.05) is 13.8 Å². The minimum atomic E-state index is -4.24. The van der Waals surface area contributed by atoms with Crippen LogP contribution in [0.4, 0.5) is 14.9 Å². The Morgan fingerprint density at radius 1 is 1.06 bits per heavy atom. The average molecular weight is 521 g/mol. The molecule has 3 aromatic rings. The number of halogens is 2. The molecule has 1 unspecified atom stereocenters. The molecular weight excluding hydrogens is 495 g/mol. The number of carbonyl (C=O) groups is 1. The number of hydrogen-bond donors (Lipinski definition) is 1. The fourth-order valence-electron chi connectivity index (χ4n) is 3.23. The second-order valence-electron chi connectivity index (χ2n) is 7.80. The van der Waals surface area contributed by atoms with Crippen LogP contribution in [-0.4, -0.2) is 32.5 Å². The van der Waals surface area contributed by atoms with Gasteiger partial charge in [-0.25, -0.2) is 9.18 Å². The Bertz CT molecular complexity index is 1270. The highest BCUT2D eigenvalue weighted by Crippen LogP contribution is 2.32. The van der Waals surface area contributed by atoms with E-state index in [1.165, 1.54) is 13.2 Å². The van der Waals surface area contributed by atoms with Gasteiger partial charge in [-0.1, -0.05) is 24.6 Å². The fourth-order valence-corrected chi connectivity index (χ4v) is 4.28. The van der Waals surface area contributed by atoms with Crippen LogP contribution in [0, 0.1) is 5.82 Å². The lowest BCUT2D eigenvalue weighted by molar-refractivity contribution is 0.187. The summed E-state index contributed by atoms with van der Waals surface area (Å²) in [5.41, 5.74) is 1.22. The molecule has 0 radical (unpaired) electrons. The van der Waals surface area contributed by atoms with Gasteiger partial charge in [0.15, 0.2) is 11.5 Å². The molecule has 10 heteroatoms. The third kappa shape index (κ3) is 6.86. The molecule has 0 aliphatic heterocycles. The van der Waals surface area contributed by atoms with Crippen LogP contribution in [0.25, 0.3) is 0 Å². The summed E-state index contributed by atoms with van der Waals surface area (Å²) in [6.45, 7) is 4.07. The minimum absolute atomic E-state index is 0.0449. The Morgan fingerprint density at radius 2 is 1.71 bits per heavy atom. The van der Waals surface area contributed by atoms with Crippen molar-refractivity contribution in [1.29, 1.82) is 0 Å². The molecule has 2 amide bonds. The van der Waals surface area contributed by atoms with E-state index in [4.69, 9.17) is 20.5 Å². The topological polar surface area (TPSA) is 84.9 Å². The fraction of sp³-hybridized carbons (Fsp3) is 0.240. The lowest BCUT2D eigenvalue weighted by atomic mass is 10.1. The van der Waals surface area contributed by atoms with Gasteiger partial charge in [-0.05, 0) is 79.6 Å². The molecule has 186 valence electrons. The second-order valence-corrected chi connectivity index (χ2v) is 9.78. The Kier molecular flexibility index (Phi) is 8.58. The largest absolute Gasteiger partial charge is 0.493 e. The number of hydrogen-bond acceptors (Lipinski definition) is 5. The van der Waals surface area contributed by atoms with Crippen molar-refractivity contribution in [3.8, 4) is 11.5 Å². The number of nitrogens with one attached hydrogen (secondary N) is 1. The summed E-state index contributed by atoms with van der Waals surface area (Å²) in [5.74, 6) is -0.415. The number of carbonyl (C=O) groups excluding carboxylic acids is 1.